The van der Waals surface area contributed by atoms with E-state index in [1.54, 1.807) is 0 Å². The Balaban J connectivity index is 4.03. The lowest BCUT2D eigenvalue weighted by molar-refractivity contribution is 0.265. The van der Waals surface area contributed by atoms with Crippen LogP contribution >= 0.6 is 0 Å². The van der Waals surface area contributed by atoms with Crippen molar-refractivity contribution >= 4 is 0 Å². The second-order valence-corrected chi connectivity index (χ2v) is 7.93. The first-order valence-electron chi connectivity index (χ1n) is 11.3. The summed E-state index contributed by atoms with van der Waals surface area (Å²) in [6.45, 7) is 14.7. The Kier molecular flexibility index (Phi) is 18.7. The van der Waals surface area contributed by atoms with Gasteiger partial charge in [0.15, 0.2) is 0 Å². The van der Waals surface area contributed by atoms with Crippen molar-refractivity contribution in [3.63, 3.8) is 0 Å². The Labute approximate surface area is 175 Å². The van der Waals surface area contributed by atoms with E-state index >= 15 is 0 Å². The van der Waals surface area contributed by atoms with Crippen LogP contribution < -0.4 is 16.8 Å². The van der Waals surface area contributed by atoms with Crippen LogP contribution in [0, 0.1) is 0 Å². The lowest BCUT2D eigenvalue weighted by Gasteiger charge is -2.22. The van der Waals surface area contributed by atoms with E-state index in [1.807, 2.05) is 0 Å². The van der Waals surface area contributed by atoms with Crippen molar-refractivity contribution in [3.05, 3.63) is 35.5 Å². The van der Waals surface area contributed by atoms with Crippen LogP contribution in [0.5, 0.6) is 0 Å². The number of rotatable bonds is 18. The van der Waals surface area contributed by atoms with E-state index in [2.05, 4.69) is 62.2 Å². The van der Waals surface area contributed by atoms with Crippen LogP contribution in [0.4, 0.5) is 0 Å². The summed E-state index contributed by atoms with van der Waals surface area (Å²) < 4.78 is 0. The van der Waals surface area contributed by atoms with Gasteiger partial charge < -0.3 is 21.7 Å². The Morgan fingerprint density at radius 3 is 2.14 bits per heavy atom. The topological polar surface area (TPSA) is 67.3 Å². The summed E-state index contributed by atoms with van der Waals surface area (Å²) in [6.07, 6.45) is 17.1. The molecule has 164 valence electrons. The van der Waals surface area contributed by atoms with Crippen LogP contribution in [0.1, 0.15) is 72.6 Å². The molecular formula is C24H48N4. The molecule has 0 bridgehead atoms. The highest BCUT2D eigenvalue weighted by molar-refractivity contribution is 5.06. The second-order valence-electron chi connectivity index (χ2n) is 7.93. The first-order chi connectivity index (χ1) is 13.5. The predicted octanol–water partition coefficient (Wildman–Crippen LogP) is 4.38. The molecule has 0 aromatic heterocycles. The molecule has 5 N–H and O–H groups in total. The minimum absolute atomic E-state index is 0.432. The largest absolute Gasteiger partial charge is 0.330 e. The van der Waals surface area contributed by atoms with Crippen LogP contribution in [-0.2, 0) is 0 Å². The normalized spacial score (nSPS) is 14.4. The molecule has 4 heteroatoms. The molecule has 0 aliphatic carbocycles. The highest BCUT2D eigenvalue weighted by Gasteiger charge is 2.04. The van der Waals surface area contributed by atoms with Crippen molar-refractivity contribution in [1.29, 1.82) is 0 Å². The van der Waals surface area contributed by atoms with Crippen LogP contribution in [0.15, 0.2) is 35.5 Å². The van der Waals surface area contributed by atoms with Crippen molar-refractivity contribution in [2.45, 2.75) is 78.7 Å². The molecule has 0 amide bonds. The van der Waals surface area contributed by atoms with Crippen LogP contribution in [0.2, 0.25) is 0 Å². The number of nitrogens with two attached hydrogens (primary N) is 2. The Hall–Kier alpha value is -0.940. The molecule has 0 aliphatic heterocycles. The molecule has 1 unspecified atom stereocenters. The molecule has 0 rings (SSSR count). The summed E-state index contributed by atoms with van der Waals surface area (Å²) in [5.74, 6) is 0. The molecule has 0 saturated carbocycles. The molecule has 28 heavy (non-hydrogen) atoms. The van der Waals surface area contributed by atoms with Gasteiger partial charge in [0, 0.05) is 6.04 Å². The van der Waals surface area contributed by atoms with E-state index < -0.39 is 0 Å². The van der Waals surface area contributed by atoms with E-state index in [1.165, 1.54) is 24.0 Å². The van der Waals surface area contributed by atoms with E-state index in [9.17, 15) is 0 Å². The van der Waals surface area contributed by atoms with Crippen molar-refractivity contribution in [3.8, 4) is 0 Å². The lowest BCUT2D eigenvalue weighted by atomic mass is 10.1. The molecule has 0 heterocycles. The molecule has 0 aromatic carbocycles. The molecule has 1 atom stereocenters. The molecule has 0 aromatic rings. The predicted molar refractivity (Wildman–Crippen MR) is 127 cm³/mol. The number of nitrogens with zero attached hydrogens (tertiary/aromatic N) is 1. The average Bonchev–Trinajstić information content (AvgIpc) is 2.66. The van der Waals surface area contributed by atoms with Crippen molar-refractivity contribution in [1.82, 2.24) is 10.2 Å². The maximum absolute atomic E-state index is 5.65. The van der Waals surface area contributed by atoms with Crippen molar-refractivity contribution < 1.29 is 0 Å². The van der Waals surface area contributed by atoms with E-state index in [0.29, 0.717) is 6.04 Å². The van der Waals surface area contributed by atoms with Gasteiger partial charge in [-0.2, -0.15) is 0 Å². The maximum Gasteiger partial charge on any atom is 0.0224 e. The van der Waals surface area contributed by atoms with Gasteiger partial charge >= 0.3 is 0 Å². The Morgan fingerprint density at radius 2 is 1.54 bits per heavy atom. The lowest BCUT2D eigenvalue weighted by Crippen LogP contribution is -2.33. The Morgan fingerprint density at radius 1 is 0.929 bits per heavy atom. The number of allylic oxidation sites excluding steroid dienone is 5. The van der Waals surface area contributed by atoms with Gasteiger partial charge in [-0.1, -0.05) is 35.5 Å². The fraction of sp³-hybridized carbons (Fsp3) is 0.750. The third kappa shape index (κ3) is 17.2. The number of hydrogen-bond donors (Lipinski definition) is 3. The van der Waals surface area contributed by atoms with Gasteiger partial charge in [-0.05, 0) is 112 Å². The summed E-state index contributed by atoms with van der Waals surface area (Å²) >= 11 is 0. The molecule has 0 radical (unpaired) electrons. The first-order valence-corrected chi connectivity index (χ1v) is 11.3. The standard InChI is InChI=1S/C24H48N4/c1-5-6-7-12-22(2)13-8-14-23(3)21-24(4)27-17-11-20-28(18-9-15-25)19-10-16-26/h5-6,13,21,24,27H,7-12,14-20,25-26H2,1-4H3. The third-order valence-electron chi connectivity index (χ3n) is 4.98. The molecule has 4 nitrogen and oxygen atoms in total. The number of nitrogens with one attached hydrogen (secondary N) is 1. The average molecular weight is 393 g/mol. The zero-order valence-electron chi connectivity index (χ0n) is 19.2. The SMILES string of the molecule is CC=CCCC(C)=CCCC(C)=CC(C)NCCCN(CCCN)CCCN. The smallest absolute Gasteiger partial charge is 0.0224 e. The molecule has 0 saturated heterocycles. The van der Waals surface area contributed by atoms with Gasteiger partial charge in [0.05, 0.1) is 0 Å². The number of hydrogen-bond acceptors (Lipinski definition) is 4. The van der Waals surface area contributed by atoms with Crippen molar-refractivity contribution in [2.75, 3.05) is 39.3 Å². The Bertz CT molecular complexity index is 432. The third-order valence-corrected chi connectivity index (χ3v) is 4.98. The molecule has 0 aliphatic rings. The van der Waals surface area contributed by atoms with E-state index in [4.69, 9.17) is 11.5 Å². The summed E-state index contributed by atoms with van der Waals surface area (Å²) in [5.41, 5.74) is 14.3. The zero-order valence-corrected chi connectivity index (χ0v) is 19.2. The zero-order chi connectivity index (χ0) is 21.0. The van der Waals surface area contributed by atoms with Crippen molar-refractivity contribution in [2.24, 2.45) is 11.5 Å². The van der Waals surface area contributed by atoms with Crippen LogP contribution in [-0.4, -0.2) is 50.2 Å². The fourth-order valence-corrected chi connectivity index (χ4v) is 3.29. The highest BCUT2D eigenvalue weighted by atomic mass is 15.1. The summed E-state index contributed by atoms with van der Waals surface area (Å²) in [5, 5.41) is 3.64. The fourth-order valence-electron chi connectivity index (χ4n) is 3.29. The summed E-state index contributed by atoms with van der Waals surface area (Å²) in [6, 6.07) is 0.432. The summed E-state index contributed by atoms with van der Waals surface area (Å²) in [4.78, 5) is 2.50. The van der Waals surface area contributed by atoms with E-state index in [0.717, 1.165) is 71.4 Å². The monoisotopic (exact) mass is 392 g/mol. The van der Waals surface area contributed by atoms with Gasteiger partial charge in [-0.3, -0.25) is 0 Å². The molecule has 0 spiro atoms. The second kappa shape index (κ2) is 19.4. The quantitative estimate of drug-likeness (QED) is 0.239. The highest BCUT2D eigenvalue weighted by Crippen LogP contribution is 2.11. The van der Waals surface area contributed by atoms with Gasteiger partial charge in [-0.25, -0.2) is 0 Å². The maximum atomic E-state index is 5.65. The minimum atomic E-state index is 0.432. The van der Waals surface area contributed by atoms with Gasteiger partial charge in [0.2, 0.25) is 0 Å². The van der Waals surface area contributed by atoms with Crippen LogP contribution in [0.25, 0.3) is 0 Å². The van der Waals surface area contributed by atoms with Gasteiger partial charge in [0.25, 0.3) is 0 Å². The minimum Gasteiger partial charge on any atom is -0.330 e. The van der Waals surface area contributed by atoms with E-state index in [-0.39, 0.29) is 0 Å². The summed E-state index contributed by atoms with van der Waals surface area (Å²) in [7, 11) is 0. The van der Waals surface area contributed by atoms with Gasteiger partial charge in [-0.15, -0.1) is 0 Å². The molecular weight excluding hydrogens is 344 g/mol. The van der Waals surface area contributed by atoms with Crippen LogP contribution in [0.3, 0.4) is 0 Å². The van der Waals surface area contributed by atoms with Gasteiger partial charge in [0.1, 0.15) is 0 Å². The molecule has 0 fully saturated rings. The first kappa shape index (κ1) is 27.1.